The molecule has 22 heavy (non-hydrogen) atoms. The first-order valence-corrected chi connectivity index (χ1v) is 6.96. The van der Waals surface area contributed by atoms with E-state index in [0.29, 0.717) is 0 Å². The summed E-state index contributed by atoms with van der Waals surface area (Å²) in [6.07, 6.45) is -7.69. The zero-order chi connectivity index (χ0) is 16.1. The largest absolute Gasteiger partial charge is 0.394 e. The molecule has 128 valence electrons. The second-order valence-electron chi connectivity index (χ2n) is 5.75. The summed E-state index contributed by atoms with van der Waals surface area (Å²) >= 11 is 0. The first-order valence-electron chi connectivity index (χ1n) is 6.96. The van der Waals surface area contributed by atoms with Gasteiger partial charge in [0.25, 0.3) is 0 Å². The molecule has 0 aromatic rings. The van der Waals surface area contributed by atoms with E-state index in [-0.39, 0.29) is 0 Å². The number of rotatable bonds is 2. The van der Waals surface area contributed by atoms with Crippen LogP contribution < -0.4 is 0 Å². The molecule has 3 fully saturated rings. The summed E-state index contributed by atoms with van der Waals surface area (Å²) in [6, 6.07) is 0. The van der Waals surface area contributed by atoms with Crippen LogP contribution in [0.5, 0.6) is 0 Å². The lowest BCUT2D eigenvalue weighted by molar-refractivity contribution is -0.401. The van der Waals surface area contributed by atoms with Gasteiger partial charge in [-0.2, -0.15) is 0 Å². The van der Waals surface area contributed by atoms with Crippen LogP contribution in [0, 0.1) is 0 Å². The van der Waals surface area contributed by atoms with E-state index in [2.05, 4.69) is 0 Å². The minimum atomic E-state index is -1.69. The van der Waals surface area contributed by atoms with Crippen molar-refractivity contribution in [2.24, 2.45) is 0 Å². The summed E-state index contributed by atoms with van der Waals surface area (Å²) in [5, 5.41) is 57.8. The number of ether oxygens (including phenoxy) is 4. The molecule has 10 nitrogen and oxygen atoms in total. The molecule has 0 saturated carbocycles. The average molecular weight is 324 g/mol. The number of hydrogen-bond donors (Lipinski definition) is 6. The van der Waals surface area contributed by atoms with Crippen LogP contribution in [0.1, 0.15) is 0 Å². The summed E-state index contributed by atoms with van der Waals surface area (Å²) < 4.78 is 21.6. The highest BCUT2D eigenvalue weighted by molar-refractivity contribution is 5.03. The van der Waals surface area contributed by atoms with Crippen molar-refractivity contribution in [3.63, 3.8) is 0 Å². The molecule has 0 radical (unpaired) electrons. The first kappa shape index (κ1) is 16.5. The van der Waals surface area contributed by atoms with Gasteiger partial charge >= 0.3 is 0 Å². The third kappa shape index (κ3) is 2.19. The zero-order valence-corrected chi connectivity index (χ0v) is 11.6. The van der Waals surface area contributed by atoms with Crippen LogP contribution in [-0.4, -0.2) is 105 Å². The molecule has 10 heteroatoms. The van der Waals surface area contributed by atoms with E-state index in [4.69, 9.17) is 29.2 Å². The number of aliphatic hydroxyl groups is 6. The van der Waals surface area contributed by atoms with Gasteiger partial charge in [0.15, 0.2) is 0 Å². The molecule has 8 atom stereocenters. The minimum absolute atomic E-state index is 0.399. The van der Waals surface area contributed by atoms with Gasteiger partial charge in [-0.25, -0.2) is 0 Å². The van der Waals surface area contributed by atoms with Crippen molar-refractivity contribution < 1.29 is 49.6 Å². The molecule has 0 amide bonds. The summed E-state index contributed by atoms with van der Waals surface area (Å²) in [5.41, 5.74) is 0. The standard InChI is InChI=1S/C12H20O10/c13-1-5-7(15)9(17)11(21-5)3-20-12(4-19-11)10(18)8(16)6(2-14)22-12/h5-10,13-18H,1-4H2/t5-,6-,7-,8-,9+,10+,11+,12+/m1/s1. The third-order valence-corrected chi connectivity index (χ3v) is 4.41. The fraction of sp³-hybridized carbons (Fsp3) is 1.00. The second kappa shape index (κ2) is 5.60. The molecule has 0 aromatic carbocycles. The summed E-state index contributed by atoms with van der Waals surface area (Å²) in [6.45, 7) is -1.83. The van der Waals surface area contributed by atoms with Crippen molar-refractivity contribution in [2.75, 3.05) is 26.4 Å². The molecule has 0 bridgehead atoms. The molecular formula is C12H20O10. The van der Waals surface area contributed by atoms with E-state index in [1.165, 1.54) is 0 Å². The fourth-order valence-corrected chi connectivity index (χ4v) is 3.02. The maximum Gasteiger partial charge on any atom is 0.222 e. The van der Waals surface area contributed by atoms with Gasteiger partial charge in [-0.1, -0.05) is 0 Å². The molecule has 2 spiro atoms. The van der Waals surface area contributed by atoms with Gasteiger partial charge in [0.1, 0.15) is 49.8 Å². The Kier molecular flexibility index (Phi) is 4.19. The fourth-order valence-electron chi connectivity index (χ4n) is 3.02. The molecular weight excluding hydrogens is 304 g/mol. The van der Waals surface area contributed by atoms with E-state index >= 15 is 0 Å². The summed E-state index contributed by atoms with van der Waals surface area (Å²) in [4.78, 5) is 0. The highest BCUT2D eigenvalue weighted by atomic mass is 16.8. The van der Waals surface area contributed by atoms with Crippen LogP contribution in [0.25, 0.3) is 0 Å². The molecule has 3 heterocycles. The Hall–Kier alpha value is -0.400. The Balaban J connectivity index is 1.73. The molecule has 6 N–H and O–H groups in total. The quantitative estimate of drug-likeness (QED) is 0.293. The van der Waals surface area contributed by atoms with E-state index < -0.39 is 74.6 Å². The zero-order valence-electron chi connectivity index (χ0n) is 11.6. The van der Waals surface area contributed by atoms with Crippen molar-refractivity contribution in [3.05, 3.63) is 0 Å². The predicted octanol–water partition coefficient (Wildman–Crippen LogP) is -4.35. The van der Waals surface area contributed by atoms with Crippen LogP contribution in [0.2, 0.25) is 0 Å². The Labute approximate surface area is 125 Å². The van der Waals surface area contributed by atoms with Crippen molar-refractivity contribution in [3.8, 4) is 0 Å². The van der Waals surface area contributed by atoms with E-state index in [1.54, 1.807) is 0 Å². The molecule has 0 aromatic heterocycles. The summed E-state index contributed by atoms with van der Waals surface area (Å²) in [5.74, 6) is -3.38. The maximum atomic E-state index is 10.0. The number of aliphatic hydroxyl groups excluding tert-OH is 6. The average Bonchev–Trinajstić information content (AvgIpc) is 2.91. The smallest absolute Gasteiger partial charge is 0.222 e. The van der Waals surface area contributed by atoms with Gasteiger partial charge in [0, 0.05) is 0 Å². The van der Waals surface area contributed by atoms with Gasteiger partial charge in [-0.05, 0) is 0 Å². The molecule has 0 unspecified atom stereocenters. The first-order chi connectivity index (χ1) is 10.4. The lowest BCUT2D eigenvalue weighted by Crippen LogP contribution is -2.62. The van der Waals surface area contributed by atoms with Crippen molar-refractivity contribution >= 4 is 0 Å². The molecule has 3 aliphatic heterocycles. The molecule has 3 aliphatic rings. The highest BCUT2D eigenvalue weighted by Gasteiger charge is 2.64. The van der Waals surface area contributed by atoms with Crippen LogP contribution in [0.3, 0.4) is 0 Å². The van der Waals surface area contributed by atoms with Gasteiger partial charge in [-0.3, -0.25) is 0 Å². The monoisotopic (exact) mass is 324 g/mol. The Bertz CT molecular complexity index is 371. The predicted molar refractivity (Wildman–Crippen MR) is 65.3 cm³/mol. The lowest BCUT2D eigenvalue weighted by Gasteiger charge is -2.44. The summed E-state index contributed by atoms with van der Waals surface area (Å²) in [7, 11) is 0. The molecule has 3 saturated heterocycles. The van der Waals surface area contributed by atoms with Crippen molar-refractivity contribution in [2.45, 2.75) is 48.2 Å². The van der Waals surface area contributed by atoms with Gasteiger partial charge < -0.3 is 49.6 Å². The van der Waals surface area contributed by atoms with E-state index in [0.717, 1.165) is 0 Å². The van der Waals surface area contributed by atoms with Gasteiger partial charge in [-0.15, -0.1) is 0 Å². The van der Waals surface area contributed by atoms with Crippen LogP contribution >= 0.6 is 0 Å². The second-order valence-corrected chi connectivity index (χ2v) is 5.75. The maximum absolute atomic E-state index is 10.0. The topological polar surface area (TPSA) is 158 Å². The van der Waals surface area contributed by atoms with Crippen LogP contribution in [-0.2, 0) is 18.9 Å². The van der Waals surface area contributed by atoms with Crippen LogP contribution in [0.15, 0.2) is 0 Å². The lowest BCUT2D eigenvalue weighted by atomic mass is 10.0. The molecule has 3 rings (SSSR count). The van der Waals surface area contributed by atoms with Crippen LogP contribution in [0.4, 0.5) is 0 Å². The minimum Gasteiger partial charge on any atom is -0.394 e. The molecule has 0 aliphatic carbocycles. The Morgan fingerprint density at radius 3 is 1.32 bits per heavy atom. The third-order valence-electron chi connectivity index (χ3n) is 4.41. The van der Waals surface area contributed by atoms with Gasteiger partial charge in [0.2, 0.25) is 11.6 Å². The van der Waals surface area contributed by atoms with Crippen molar-refractivity contribution in [1.82, 2.24) is 0 Å². The highest BCUT2D eigenvalue weighted by Crippen LogP contribution is 2.42. The van der Waals surface area contributed by atoms with Gasteiger partial charge in [0.05, 0.1) is 13.2 Å². The van der Waals surface area contributed by atoms with E-state index in [1.807, 2.05) is 0 Å². The van der Waals surface area contributed by atoms with Crippen molar-refractivity contribution in [1.29, 1.82) is 0 Å². The normalized spacial score (nSPS) is 55.4. The number of hydrogen-bond acceptors (Lipinski definition) is 10. The van der Waals surface area contributed by atoms with E-state index in [9.17, 15) is 20.4 Å². The Morgan fingerprint density at radius 2 is 1.09 bits per heavy atom. The Morgan fingerprint density at radius 1 is 0.727 bits per heavy atom. The SMILES string of the molecule is OC[C@H]1O[C@@]2(CO[C@@]3(CO2)O[C@H](CO)[C@@H](O)[C@@H]3O)[C@@H](O)[C@@H]1O.